The molecule has 5 heteroatoms. The molecule has 0 rings (SSSR count). The zero-order valence-corrected chi connectivity index (χ0v) is 3.20. The van der Waals surface area contributed by atoms with E-state index in [9.17, 15) is 13.2 Å². The third-order valence-electron chi connectivity index (χ3n) is 0.179. The first-order chi connectivity index (χ1) is 3.97. The highest BCUT2D eigenvalue weighted by molar-refractivity contribution is 4.39. The van der Waals surface area contributed by atoms with Gasteiger partial charge in [0, 0.05) is 0 Å². The van der Waals surface area contributed by atoms with Gasteiger partial charge in [0.15, 0.2) is 0 Å². The van der Waals surface area contributed by atoms with Gasteiger partial charge in [-0.3, -0.25) is 0 Å². The quantitative estimate of drug-likeness (QED) is 0.469. The van der Waals surface area contributed by atoms with E-state index in [-0.39, 0.29) is 0 Å². The maximum absolute atomic E-state index is 10.5. The Morgan fingerprint density at radius 1 is 1.71 bits per heavy atom. The van der Waals surface area contributed by atoms with Crippen molar-refractivity contribution >= 4 is 0 Å². The number of aliphatic hydroxyl groups is 1. The maximum Gasteiger partial charge on any atom is 0.411 e. The smallest absolute Gasteiger partial charge is 0.411 e. The lowest BCUT2D eigenvalue weighted by molar-refractivity contribution is -0.159. The van der Waals surface area contributed by atoms with E-state index in [4.69, 9.17) is 7.97 Å². The predicted octanol–water partition coefficient (Wildman–Crippen LogP) is -0.284. The fourth-order valence-electron chi connectivity index (χ4n) is 0. The Kier molecular flexibility index (Phi) is 1.95. The van der Waals surface area contributed by atoms with Crippen molar-refractivity contribution < 1.29 is 23.8 Å². The van der Waals surface area contributed by atoms with E-state index in [1.165, 1.54) is 0 Å². The van der Waals surface area contributed by atoms with Crippen LogP contribution in [-0.2, 0) is 0 Å². The molecule has 2 nitrogen and oxygen atoms in total. The second-order valence-corrected chi connectivity index (χ2v) is 0.773. The molecule has 0 unspecified atom stereocenters. The van der Waals surface area contributed by atoms with Crippen molar-refractivity contribution in [3.05, 3.63) is 0 Å². The number of rotatable bonds is 0. The van der Waals surface area contributed by atoms with Crippen molar-refractivity contribution in [3.63, 3.8) is 0 Å². The van der Waals surface area contributed by atoms with Gasteiger partial charge in [-0.1, -0.05) is 0 Å². The first kappa shape index (κ1) is 4.86. The molecule has 0 heterocycles. The van der Waals surface area contributed by atoms with Gasteiger partial charge in [0.2, 0.25) is 2.86 Å². The molecule has 0 amide bonds. The van der Waals surface area contributed by atoms with Crippen LogP contribution < -0.4 is 0 Å². The van der Waals surface area contributed by atoms with E-state index in [1.54, 1.807) is 0 Å². The van der Waals surface area contributed by atoms with Gasteiger partial charge in [-0.15, -0.1) is 0 Å². The number of hydrogen-bond donors (Lipinski definition) is 1. The van der Waals surface area contributed by atoms with E-state index in [2.05, 4.69) is 5.48 Å². The van der Waals surface area contributed by atoms with Gasteiger partial charge < -0.3 is 10.6 Å². The summed E-state index contributed by atoms with van der Waals surface area (Å²) in [6.45, 7) is -1.73. The molecule has 0 aliphatic carbocycles. The molecular formula is C2H5F3O2. The van der Waals surface area contributed by atoms with Crippen LogP contribution in [0, 0.1) is 0 Å². The first-order valence-electron chi connectivity index (χ1n) is 2.05. The minimum atomic E-state index is -4.40. The second-order valence-electron chi connectivity index (χ2n) is 0.773. The molecule has 0 atom stereocenters. The zero-order valence-electron chi connectivity index (χ0n) is 5.20. The van der Waals surface area contributed by atoms with Gasteiger partial charge in [-0.05, 0) is 0 Å². The van der Waals surface area contributed by atoms with E-state index in [1.807, 2.05) is 0 Å². The highest BCUT2D eigenvalue weighted by atomic mass is 19.4. The van der Waals surface area contributed by atoms with Crippen molar-refractivity contribution in [2.75, 3.05) is 6.61 Å². The van der Waals surface area contributed by atoms with Gasteiger partial charge >= 0.3 is 6.18 Å². The number of aliphatic hydroxyl groups excluding tert-OH is 1. The molecule has 0 saturated heterocycles. The molecule has 0 aromatic heterocycles. The van der Waals surface area contributed by atoms with Crippen molar-refractivity contribution in [3.8, 4) is 0 Å². The largest absolute Gasteiger partial charge is 0.412 e. The Morgan fingerprint density at radius 3 is 1.86 bits per heavy atom. The second kappa shape index (κ2) is 2.81. The van der Waals surface area contributed by atoms with Gasteiger partial charge in [-0.25, -0.2) is 0 Å². The van der Waals surface area contributed by atoms with Crippen LogP contribution in [0.15, 0.2) is 0 Å². The molecular weight excluding hydrogens is 113 g/mol. The lowest BCUT2D eigenvalue weighted by Gasteiger charge is -1.95. The van der Waals surface area contributed by atoms with Crippen LogP contribution in [0.4, 0.5) is 13.2 Å². The van der Waals surface area contributed by atoms with E-state index < -0.39 is 12.8 Å². The number of halogens is 3. The Balaban J connectivity index is 0. The zero-order chi connectivity index (χ0) is 7.91. The minimum Gasteiger partial charge on any atom is -0.412 e. The summed E-state index contributed by atoms with van der Waals surface area (Å²) in [4.78, 5) is 0. The Bertz CT molecular complexity index is 56.3. The summed E-state index contributed by atoms with van der Waals surface area (Å²) >= 11 is 0. The summed E-state index contributed by atoms with van der Waals surface area (Å²) in [5.41, 5.74) is 2.75. The van der Waals surface area contributed by atoms with Crippen LogP contribution >= 0.6 is 0 Å². The van der Waals surface area contributed by atoms with Crippen LogP contribution in [0.2, 0.25) is 0 Å². The van der Waals surface area contributed by atoms with E-state index >= 15 is 0 Å². The van der Waals surface area contributed by atoms with Crippen molar-refractivity contribution in [1.82, 2.24) is 0 Å². The van der Waals surface area contributed by atoms with Gasteiger partial charge in [0.25, 0.3) is 0 Å². The standard InChI is InChI=1S/C2H3F3O.H2O/c3-2(4,5)1-6;/h6H,1H2;1H2/i/hD2. The molecule has 0 aliphatic rings. The summed E-state index contributed by atoms with van der Waals surface area (Å²) in [7, 11) is 0. The maximum atomic E-state index is 10.5. The van der Waals surface area contributed by atoms with Crippen molar-refractivity contribution in [2.24, 2.45) is 0 Å². The molecule has 0 aromatic rings. The fourth-order valence-corrected chi connectivity index (χ4v) is 0. The summed E-state index contributed by atoms with van der Waals surface area (Å²) in [5.74, 6) is 0. The SMILES string of the molecule is OCC(F)(F)F.[2H]O[2H]. The van der Waals surface area contributed by atoms with Crippen molar-refractivity contribution in [1.29, 1.82) is 2.86 Å². The molecule has 46 valence electrons. The fraction of sp³-hybridized carbons (Fsp3) is 1.00. The first-order valence-corrected chi connectivity index (χ1v) is 1.24. The lowest BCUT2D eigenvalue weighted by Crippen LogP contribution is -2.12. The summed E-state index contributed by atoms with van der Waals surface area (Å²) in [5, 5.41) is 7.28. The number of alkyl halides is 3. The average Bonchev–Trinajstić information content (AvgIpc) is 1.67. The van der Waals surface area contributed by atoms with E-state index in [0.29, 0.717) is 0 Å². The Hall–Kier alpha value is -0.290. The van der Waals surface area contributed by atoms with Gasteiger partial charge in [0.1, 0.15) is 6.61 Å². The molecule has 0 aromatic carbocycles. The summed E-state index contributed by atoms with van der Waals surface area (Å²) in [6, 6.07) is 0. The average molecular weight is 120 g/mol. The Morgan fingerprint density at radius 2 is 1.86 bits per heavy atom. The van der Waals surface area contributed by atoms with Crippen molar-refractivity contribution in [2.45, 2.75) is 6.18 Å². The molecule has 0 aliphatic heterocycles. The van der Waals surface area contributed by atoms with Gasteiger partial charge in [0.05, 0.1) is 0 Å². The molecule has 0 radical (unpaired) electrons. The highest BCUT2D eigenvalue weighted by Crippen LogP contribution is 2.11. The highest BCUT2D eigenvalue weighted by Gasteiger charge is 2.24. The van der Waals surface area contributed by atoms with Crippen LogP contribution in [-0.4, -0.2) is 26.2 Å². The molecule has 7 heavy (non-hydrogen) atoms. The van der Waals surface area contributed by atoms with Crippen LogP contribution in [0.1, 0.15) is 0 Å². The Labute approximate surface area is 40.9 Å². The minimum absolute atomic E-state index is 1.73. The topological polar surface area (TPSA) is 51.7 Å². The number of hydrogen-bond acceptors (Lipinski definition) is 1. The van der Waals surface area contributed by atoms with Gasteiger partial charge in [-0.2, -0.15) is 13.2 Å². The monoisotopic (exact) mass is 120 g/mol. The van der Waals surface area contributed by atoms with E-state index in [0.717, 1.165) is 0 Å². The molecule has 3 N–H and O–H groups in total. The molecule has 0 saturated carbocycles. The lowest BCUT2D eigenvalue weighted by atomic mass is 10.7. The normalized spacial score (nSPS) is 13.1. The van der Waals surface area contributed by atoms with Crippen LogP contribution in [0.3, 0.4) is 0 Å². The predicted molar refractivity (Wildman–Crippen MR) is 16.8 cm³/mol. The third kappa shape index (κ3) is 10.7. The molecule has 0 bridgehead atoms. The molecule has 0 spiro atoms. The third-order valence-corrected chi connectivity index (χ3v) is 0.179. The van der Waals surface area contributed by atoms with Crippen LogP contribution in [0.25, 0.3) is 0 Å². The summed E-state index contributed by atoms with van der Waals surface area (Å²) in [6.07, 6.45) is -4.40. The molecule has 0 fully saturated rings. The summed E-state index contributed by atoms with van der Waals surface area (Å²) < 4.78 is 42.4. The van der Waals surface area contributed by atoms with Crippen LogP contribution in [0.5, 0.6) is 0 Å².